The topological polar surface area (TPSA) is 18.5 Å². The van der Waals surface area contributed by atoms with E-state index in [2.05, 4.69) is 88.4 Å². The first kappa shape index (κ1) is 21.9. The highest BCUT2D eigenvalue weighted by atomic mass is 28.4. The molecule has 0 fully saturated rings. The highest BCUT2D eigenvalue weighted by molar-refractivity contribution is 6.92. The summed E-state index contributed by atoms with van der Waals surface area (Å²) >= 11 is 0. The van der Waals surface area contributed by atoms with Crippen LogP contribution in [-0.2, 0) is 8.85 Å². The van der Waals surface area contributed by atoms with Crippen molar-refractivity contribution in [3.8, 4) is 0 Å². The van der Waals surface area contributed by atoms with Crippen molar-refractivity contribution in [2.75, 3.05) is 0 Å². The van der Waals surface area contributed by atoms with E-state index in [1.54, 1.807) is 0 Å². The van der Waals surface area contributed by atoms with Crippen LogP contribution in [0, 0.1) is 0 Å². The van der Waals surface area contributed by atoms with Crippen LogP contribution < -0.4 is 10.4 Å². The molecule has 3 heteroatoms. The molecule has 27 heavy (non-hydrogen) atoms. The highest BCUT2D eigenvalue weighted by Crippen LogP contribution is 2.19. The summed E-state index contributed by atoms with van der Waals surface area (Å²) in [5.41, 5.74) is 0. The number of hydrogen-bond acceptors (Lipinski definition) is 2. The molecule has 0 spiro atoms. The predicted molar refractivity (Wildman–Crippen MR) is 118 cm³/mol. The van der Waals surface area contributed by atoms with Crippen LogP contribution in [0.1, 0.15) is 66.2 Å². The van der Waals surface area contributed by atoms with Crippen LogP contribution in [0.3, 0.4) is 0 Å². The van der Waals surface area contributed by atoms with Gasteiger partial charge in [0.25, 0.3) is 0 Å². The molecule has 0 saturated carbocycles. The molecule has 0 saturated heterocycles. The monoisotopic (exact) mass is 384 g/mol. The SMILES string of the molecule is CCCCC(C)O[Si](OC(C)CCCC)(c1ccccc1)c1ccccc1. The fourth-order valence-electron chi connectivity index (χ4n) is 3.45. The van der Waals surface area contributed by atoms with E-state index in [9.17, 15) is 0 Å². The largest absolute Gasteiger partial charge is 0.407 e. The second-order valence-corrected chi connectivity index (χ2v) is 10.3. The van der Waals surface area contributed by atoms with Gasteiger partial charge in [0.15, 0.2) is 0 Å². The average molecular weight is 385 g/mol. The highest BCUT2D eigenvalue weighted by Gasteiger charge is 2.45. The van der Waals surface area contributed by atoms with Crippen LogP contribution in [0.5, 0.6) is 0 Å². The molecule has 2 nitrogen and oxygen atoms in total. The normalized spacial score (nSPS) is 14.1. The molecule has 0 bridgehead atoms. The zero-order chi connectivity index (χ0) is 19.5. The average Bonchev–Trinajstić information content (AvgIpc) is 2.71. The number of unbranched alkanes of at least 4 members (excludes halogenated alkanes) is 2. The van der Waals surface area contributed by atoms with E-state index < -0.39 is 8.56 Å². The molecule has 0 heterocycles. The maximum Gasteiger partial charge on any atom is 0.407 e. The molecule has 0 aromatic heterocycles. The van der Waals surface area contributed by atoms with Crippen molar-refractivity contribution in [3.63, 3.8) is 0 Å². The summed E-state index contributed by atoms with van der Waals surface area (Å²) < 4.78 is 13.8. The molecule has 2 aromatic carbocycles. The maximum atomic E-state index is 6.88. The third-order valence-electron chi connectivity index (χ3n) is 4.97. The van der Waals surface area contributed by atoms with E-state index in [4.69, 9.17) is 8.85 Å². The van der Waals surface area contributed by atoms with Gasteiger partial charge < -0.3 is 8.85 Å². The third-order valence-corrected chi connectivity index (χ3v) is 8.63. The first-order valence-corrected chi connectivity index (χ1v) is 12.4. The van der Waals surface area contributed by atoms with Crippen LogP contribution in [0.2, 0.25) is 0 Å². The van der Waals surface area contributed by atoms with Crippen LogP contribution in [-0.4, -0.2) is 20.8 Å². The molecule has 2 atom stereocenters. The van der Waals surface area contributed by atoms with Gasteiger partial charge in [-0.2, -0.15) is 0 Å². The molecule has 0 aliphatic carbocycles. The molecule has 2 rings (SSSR count). The second-order valence-electron chi connectivity index (χ2n) is 7.49. The van der Waals surface area contributed by atoms with Gasteiger partial charge in [-0.15, -0.1) is 0 Å². The van der Waals surface area contributed by atoms with Gasteiger partial charge in [0.2, 0.25) is 0 Å². The predicted octanol–water partition coefficient (Wildman–Crippen LogP) is 5.43. The summed E-state index contributed by atoms with van der Waals surface area (Å²) in [5.74, 6) is 0. The second kappa shape index (κ2) is 11.4. The zero-order valence-corrected chi connectivity index (χ0v) is 18.5. The lowest BCUT2D eigenvalue weighted by Gasteiger charge is -2.36. The number of benzene rings is 2. The van der Waals surface area contributed by atoms with Gasteiger partial charge in [0.05, 0.1) is 0 Å². The Morgan fingerprint density at radius 1 is 0.667 bits per heavy atom. The Labute approximate surface area is 167 Å². The summed E-state index contributed by atoms with van der Waals surface area (Å²) in [5, 5.41) is 2.39. The van der Waals surface area contributed by atoms with E-state index in [0.717, 1.165) is 12.8 Å². The van der Waals surface area contributed by atoms with E-state index in [-0.39, 0.29) is 12.2 Å². The van der Waals surface area contributed by atoms with Crippen molar-refractivity contribution < 1.29 is 8.85 Å². The molecule has 0 N–H and O–H groups in total. The molecule has 0 radical (unpaired) electrons. The van der Waals surface area contributed by atoms with Crippen molar-refractivity contribution in [3.05, 3.63) is 60.7 Å². The Hall–Kier alpha value is -1.42. The first-order valence-electron chi connectivity index (χ1n) is 10.6. The van der Waals surface area contributed by atoms with E-state index in [0.29, 0.717) is 0 Å². The molecular formula is C24H36O2Si. The van der Waals surface area contributed by atoms with Gasteiger partial charge in [-0.3, -0.25) is 0 Å². The van der Waals surface area contributed by atoms with Gasteiger partial charge in [-0.05, 0) is 37.1 Å². The van der Waals surface area contributed by atoms with Gasteiger partial charge in [0.1, 0.15) is 0 Å². The fourth-order valence-corrected chi connectivity index (χ4v) is 7.01. The van der Waals surface area contributed by atoms with Gasteiger partial charge >= 0.3 is 8.56 Å². The Bertz CT molecular complexity index is 572. The summed E-state index contributed by atoms with van der Waals surface area (Å²) in [4.78, 5) is 0. The minimum absolute atomic E-state index is 0.176. The van der Waals surface area contributed by atoms with Gasteiger partial charge in [-0.1, -0.05) is 100 Å². The lowest BCUT2D eigenvalue weighted by atomic mass is 10.2. The fraction of sp³-hybridized carbons (Fsp3) is 0.500. The summed E-state index contributed by atoms with van der Waals surface area (Å²) in [7, 11) is -2.77. The molecule has 0 aliphatic rings. The van der Waals surface area contributed by atoms with Crippen molar-refractivity contribution >= 4 is 18.9 Å². The Balaban J connectivity index is 2.44. The lowest BCUT2D eigenvalue weighted by molar-refractivity contribution is 0.0995. The van der Waals surface area contributed by atoms with Gasteiger partial charge in [0, 0.05) is 12.2 Å². The zero-order valence-electron chi connectivity index (χ0n) is 17.5. The minimum Gasteiger partial charge on any atom is -0.385 e. The van der Waals surface area contributed by atoms with Crippen molar-refractivity contribution in [2.24, 2.45) is 0 Å². The van der Waals surface area contributed by atoms with Crippen LogP contribution in [0.25, 0.3) is 0 Å². The molecule has 2 unspecified atom stereocenters. The van der Waals surface area contributed by atoms with Crippen LogP contribution >= 0.6 is 0 Å². The Morgan fingerprint density at radius 3 is 1.37 bits per heavy atom. The maximum absolute atomic E-state index is 6.88. The van der Waals surface area contributed by atoms with E-state index in [1.807, 2.05) is 0 Å². The van der Waals surface area contributed by atoms with Crippen molar-refractivity contribution in [2.45, 2.75) is 78.4 Å². The van der Waals surface area contributed by atoms with Crippen molar-refractivity contribution in [1.82, 2.24) is 0 Å². The standard InChI is InChI=1S/C24H36O2Si/c1-5-7-15-21(3)25-27(23-17-11-9-12-18-23,24-19-13-10-14-20-24)26-22(4)16-8-6-2/h9-14,17-22H,5-8,15-16H2,1-4H3. The summed E-state index contributed by atoms with van der Waals surface area (Å²) in [6, 6.07) is 21.2. The third kappa shape index (κ3) is 6.30. The molecule has 0 aliphatic heterocycles. The molecular weight excluding hydrogens is 348 g/mol. The smallest absolute Gasteiger partial charge is 0.385 e. The van der Waals surface area contributed by atoms with Crippen LogP contribution in [0.4, 0.5) is 0 Å². The summed E-state index contributed by atoms with van der Waals surface area (Å²) in [6.45, 7) is 8.86. The summed E-state index contributed by atoms with van der Waals surface area (Å²) in [6.07, 6.45) is 7.22. The molecule has 2 aromatic rings. The first-order chi connectivity index (χ1) is 13.1. The van der Waals surface area contributed by atoms with Gasteiger partial charge in [-0.25, -0.2) is 0 Å². The van der Waals surface area contributed by atoms with Crippen LogP contribution in [0.15, 0.2) is 60.7 Å². The quantitative estimate of drug-likeness (QED) is 0.454. The Kier molecular flexibility index (Phi) is 9.26. The number of rotatable bonds is 12. The van der Waals surface area contributed by atoms with Crippen molar-refractivity contribution in [1.29, 1.82) is 0 Å². The van der Waals surface area contributed by atoms with E-state index in [1.165, 1.54) is 36.1 Å². The van der Waals surface area contributed by atoms with E-state index >= 15 is 0 Å². The molecule has 0 amide bonds. The lowest BCUT2D eigenvalue weighted by Crippen LogP contribution is -2.65. The molecule has 148 valence electrons. The number of hydrogen-bond donors (Lipinski definition) is 0. The Morgan fingerprint density at radius 2 is 1.04 bits per heavy atom. The minimum atomic E-state index is -2.77.